The van der Waals surface area contributed by atoms with Crippen LogP contribution in [0.3, 0.4) is 0 Å². The summed E-state index contributed by atoms with van der Waals surface area (Å²) in [6, 6.07) is 16.3. The Labute approximate surface area is 178 Å². The lowest BCUT2D eigenvalue weighted by molar-refractivity contribution is -0.122. The lowest BCUT2D eigenvalue weighted by atomic mass is 9.90. The number of nitrogens with zero attached hydrogens (tertiary/aromatic N) is 2. The van der Waals surface area contributed by atoms with E-state index in [2.05, 4.69) is 44.9 Å². The third-order valence-corrected chi connectivity index (χ3v) is 6.07. The highest BCUT2D eigenvalue weighted by atomic mass is 16.2. The highest BCUT2D eigenvalue weighted by Gasteiger charge is 2.18. The highest BCUT2D eigenvalue weighted by molar-refractivity contribution is 5.95. The molecule has 0 radical (unpaired) electrons. The number of hydrogen-bond donors (Lipinski definition) is 2. The molecule has 2 aliphatic rings. The van der Waals surface area contributed by atoms with E-state index in [4.69, 9.17) is 0 Å². The summed E-state index contributed by atoms with van der Waals surface area (Å²) in [4.78, 5) is 29.2. The maximum Gasteiger partial charge on any atom is 0.269 e. The van der Waals surface area contributed by atoms with Gasteiger partial charge in [0.1, 0.15) is 0 Å². The van der Waals surface area contributed by atoms with Crippen LogP contribution < -0.4 is 15.8 Å². The van der Waals surface area contributed by atoms with Crippen molar-refractivity contribution in [1.29, 1.82) is 0 Å². The van der Waals surface area contributed by atoms with Gasteiger partial charge >= 0.3 is 0 Å². The molecule has 30 heavy (non-hydrogen) atoms. The monoisotopic (exact) mass is 406 g/mol. The normalized spacial score (nSPS) is 16.6. The van der Waals surface area contributed by atoms with E-state index in [1.807, 2.05) is 24.3 Å². The van der Waals surface area contributed by atoms with Gasteiger partial charge in [0.2, 0.25) is 5.91 Å². The summed E-state index contributed by atoms with van der Waals surface area (Å²) in [5.74, 6) is -0.417. The average Bonchev–Trinajstić information content (AvgIpc) is 2.81. The predicted octanol–water partition coefficient (Wildman–Crippen LogP) is 2.54. The Morgan fingerprint density at radius 1 is 0.833 bits per heavy atom. The molecular weight excluding hydrogens is 376 g/mol. The first-order valence-corrected chi connectivity index (χ1v) is 10.9. The van der Waals surface area contributed by atoms with Crippen molar-refractivity contribution in [2.75, 3.05) is 37.6 Å². The van der Waals surface area contributed by atoms with E-state index in [0.29, 0.717) is 18.5 Å². The van der Waals surface area contributed by atoms with Crippen LogP contribution in [0.1, 0.15) is 40.7 Å². The van der Waals surface area contributed by atoms with Gasteiger partial charge in [-0.25, -0.2) is 0 Å². The largest absolute Gasteiger partial charge is 0.369 e. The van der Waals surface area contributed by atoms with Gasteiger partial charge < -0.3 is 4.90 Å². The average molecular weight is 407 g/mol. The number of aryl methyl sites for hydroxylation is 2. The molecule has 6 nitrogen and oxygen atoms in total. The van der Waals surface area contributed by atoms with Crippen molar-refractivity contribution in [2.24, 2.45) is 0 Å². The summed E-state index contributed by atoms with van der Waals surface area (Å²) in [7, 11) is 0. The number of fused-ring (bicyclic) bond motifs is 1. The van der Waals surface area contributed by atoms with Crippen LogP contribution in [0.2, 0.25) is 0 Å². The molecule has 158 valence electrons. The summed E-state index contributed by atoms with van der Waals surface area (Å²) in [6.07, 6.45) is 4.88. The minimum atomic E-state index is -0.256. The Hall–Kier alpha value is -2.86. The van der Waals surface area contributed by atoms with Crippen LogP contribution in [0, 0.1) is 0 Å². The Morgan fingerprint density at radius 2 is 1.57 bits per heavy atom. The lowest BCUT2D eigenvalue weighted by Crippen LogP contribution is -2.48. The van der Waals surface area contributed by atoms with Crippen molar-refractivity contribution < 1.29 is 9.59 Å². The minimum Gasteiger partial charge on any atom is -0.369 e. The van der Waals surface area contributed by atoms with E-state index in [9.17, 15) is 9.59 Å². The molecule has 0 atom stereocenters. The molecule has 2 aromatic rings. The molecule has 2 N–H and O–H groups in total. The predicted molar refractivity (Wildman–Crippen MR) is 118 cm³/mol. The topological polar surface area (TPSA) is 64.7 Å². The molecule has 6 heteroatoms. The van der Waals surface area contributed by atoms with Gasteiger partial charge in [-0.05, 0) is 61.1 Å². The number of hydrogen-bond acceptors (Lipinski definition) is 4. The molecule has 1 heterocycles. The van der Waals surface area contributed by atoms with Gasteiger partial charge in [0.25, 0.3) is 5.91 Å². The Morgan fingerprint density at radius 3 is 2.33 bits per heavy atom. The van der Waals surface area contributed by atoms with Gasteiger partial charge in [-0.1, -0.05) is 24.3 Å². The zero-order chi connectivity index (χ0) is 20.8. The number of nitrogens with one attached hydrogen (secondary N) is 2. The molecule has 4 rings (SSSR count). The summed E-state index contributed by atoms with van der Waals surface area (Å²) >= 11 is 0. The molecule has 1 aliphatic heterocycles. The third kappa shape index (κ3) is 5.19. The molecule has 0 aromatic heterocycles. The SMILES string of the molecule is O=C(CCN1CCN(c2ccccc2)CC1)NNC(=O)c1ccc2c(c1)CCCC2. The van der Waals surface area contributed by atoms with E-state index in [0.717, 1.165) is 39.0 Å². The molecule has 2 amide bonds. The first-order valence-electron chi connectivity index (χ1n) is 10.9. The first-order chi connectivity index (χ1) is 14.7. The van der Waals surface area contributed by atoms with E-state index >= 15 is 0 Å². The summed E-state index contributed by atoms with van der Waals surface area (Å²) in [5, 5.41) is 0. The fourth-order valence-corrected chi connectivity index (χ4v) is 4.26. The van der Waals surface area contributed by atoms with Crippen molar-refractivity contribution in [3.63, 3.8) is 0 Å². The second kappa shape index (κ2) is 9.76. The van der Waals surface area contributed by atoms with Crippen LogP contribution in [-0.4, -0.2) is 49.4 Å². The lowest BCUT2D eigenvalue weighted by Gasteiger charge is -2.36. The number of para-hydroxylation sites is 1. The number of amides is 2. The Balaban J connectivity index is 1.17. The van der Waals surface area contributed by atoms with Gasteiger partial charge in [0.05, 0.1) is 0 Å². The molecule has 0 saturated carbocycles. The van der Waals surface area contributed by atoms with E-state index < -0.39 is 0 Å². The third-order valence-electron chi connectivity index (χ3n) is 6.07. The maximum atomic E-state index is 12.4. The van der Waals surface area contributed by atoms with Crippen molar-refractivity contribution >= 4 is 17.5 Å². The van der Waals surface area contributed by atoms with Crippen molar-refractivity contribution in [3.8, 4) is 0 Å². The van der Waals surface area contributed by atoms with Crippen LogP contribution >= 0.6 is 0 Å². The number of rotatable bonds is 5. The highest BCUT2D eigenvalue weighted by Crippen LogP contribution is 2.22. The second-order valence-electron chi connectivity index (χ2n) is 8.11. The minimum absolute atomic E-state index is 0.160. The number of hydrazine groups is 1. The quantitative estimate of drug-likeness (QED) is 0.749. The molecule has 1 saturated heterocycles. The summed E-state index contributed by atoms with van der Waals surface area (Å²) in [6.45, 7) is 4.48. The van der Waals surface area contributed by atoms with Crippen LogP contribution in [-0.2, 0) is 17.6 Å². The number of benzene rings is 2. The summed E-state index contributed by atoms with van der Waals surface area (Å²) in [5.41, 5.74) is 9.57. The molecule has 1 aliphatic carbocycles. The maximum absolute atomic E-state index is 12.4. The van der Waals surface area contributed by atoms with Crippen LogP contribution in [0.5, 0.6) is 0 Å². The Bertz CT molecular complexity index is 876. The number of anilines is 1. The zero-order valence-electron chi connectivity index (χ0n) is 17.4. The van der Waals surface area contributed by atoms with Crippen LogP contribution in [0.4, 0.5) is 5.69 Å². The first kappa shape index (κ1) is 20.4. The molecule has 0 unspecified atom stereocenters. The number of carbonyl (C=O) groups is 2. The van der Waals surface area contributed by atoms with Gasteiger partial charge in [0, 0.05) is 50.4 Å². The van der Waals surface area contributed by atoms with Crippen LogP contribution in [0.25, 0.3) is 0 Å². The molecule has 0 bridgehead atoms. The van der Waals surface area contributed by atoms with Gasteiger partial charge in [-0.2, -0.15) is 0 Å². The van der Waals surface area contributed by atoms with Crippen molar-refractivity contribution in [2.45, 2.75) is 32.1 Å². The zero-order valence-corrected chi connectivity index (χ0v) is 17.4. The van der Waals surface area contributed by atoms with E-state index in [1.54, 1.807) is 0 Å². The molecule has 1 fully saturated rings. The number of carbonyl (C=O) groups excluding carboxylic acids is 2. The molecule has 2 aromatic carbocycles. The molecular formula is C24H30N4O2. The van der Waals surface area contributed by atoms with Crippen LogP contribution in [0.15, 0.2) is 48.5 Å². The smallest absolute Gasteiger partial charge is 0.269 e. The second-order valence-corrected chi connectivity index (χ2v) is 8.11. The standard InChI is InChI=1S/C24H30N4O2/c29-23(12-13-27-14-16-28(17-15-27)22-8-2-1-3-9-22)25-26-24(30)21-11-10-19-6-4-5-7-20(19)18-21/h1-3,8-11,18H,4-7,12-17H2,(H,25,29)(H,26,30). The van der Waals surface area contributed by atoms with E-state index in [1.165, 1.54) is 29.7 Å². The molecule has 0 spiro atoms. The number of piperazine rings is 1. The fraction of sp³-hybridized carbons (Fsp3) is 0.417. The Kier molecular flexibility index (Phi) is 6.64. The summed E-state index contributed by atoms with van der Waals surface area (Å²) < 4.78 is 0. The van der Waals surface area contributed by atoms with Gasteiger partial charge in [-0.3, -0.25) is 25.3 Å². The fourth-order valence-electron chi connectivity index (χ4n) is 4.26. The van der Waals surface area contributed by atoms with Crippen molar-refractivity contribution in [1.82, 2.24) is 15.8 Å². The van der Waals surface area contributed by atoms with Crippen molar-refractivity contribution in [3.05, 3.63) is 65.2 Å². The van der Waals surface area contributed by atoms with Gasteiger partial charge in [-0.15, -0.1) is 0 Å². The van der Waals surface area contributed by atoms with Gasteiger partial charge in [0.15, 0.2) is 0 Å². The van der Waals surface area contributed by atoms with E-state index in [-0.39, 0.29) is 11.8 Å².